The average Bonchev–Trinajstić information content (AvgIpc) is 2.70. The number of methoxy groups -OCH3 is 1. The molecule has 1 aliphatic rings. The molecule has 0 saturated heterocycles. The van der Waals surface area contributed by atoms with Crippen molar-refractivity contribution in [1.82, 2.24) is 0 Å². The third-order valence-electron chi connectivity index (χ3n) is 3.99. The molecular formula is C16H22ClNO2. The van der Waals surface area contributed by atoms with Crippen LogP contribution in [-0.4, -0.2) is 19.1 Å². The number of carbonyl (C=O) groups excluding carboxylic acids is 1. The number of anilines is 1. The Labute approximate surface area is 125 Å². The van der Waals surface area contributed by atoms with Gasteiger partial charge in [-0.3, -0.25) is 0 Å². The minimum Gasteiger partial charge on any atom is -0.465 e. The summed E-state index contributed by atoms with van der Waals surface area (Å²) in [6.45, 7) is 1.93. The van der Waals surface area contributed by atoms with Crippen molar-refractivity contribution in [3.63, 3.8) is 0 Å². The Bertz CT molecular complexity index is 480. The van der Waals surface area contributed by atoms with Gasteiger partial charge < -0.3 is 10.1 Å². The quantitative estimate of drug-likeness (QED) is 0.656. The Hall–Kier alpha value is -1.22. The third-order valence-corrected chi connectivity index (χ3v) is 4.21. The van der Waals surface area contributed by atoms with Crippen LogP contribution in [0.15, 0.2) is 12.1 Å². The van der Waals surface area contributed by atoms with E-state index in [1.54, 1.807) is 6.07 Å². The van der Waals surface area contributed by atoms with E-state index < -0.39 is 0 Å². The molecule has 0 amide bonds. The topological polar surface area (TPSA) is 38.3 Å². The van der Waals surface area contributed by atoms with Gasteiger partial charge in [0.2, 0.25) is 0 Å². The maximum atomic E-state index is 11.8. The number of esters is 1. The fourth-order valence-corrected chi connectivity index (χ4v) is 3.01. The second-order valence-corrected chi connectivity index (χ2v) is 5.89. The molecule has 1 fully saturated rings. The molecule has 1 saturated carbocycles. The van der Waals surface area contributed by atoms with E-state index in [-0.39, 0.29) is 5.97 Å². The first-order valence-corrected chi connectivity index (χ1v) is 7.64. The predicted molar refractivity (Wildman–Crippen MR) is 82.6 cm³/mol. The summed E-state index contributed by atoms with van der Waals surface area (Å²) in [7, 11) is 1.39. The lowest BCUT2D eigenvalue weighted by atomic mass is 10.0. The number of halogens is 1. The lowest BCUT2D eigenvalue weighted by Crippen LogP contribution is -2.19. The normalized spacial score (nSPS) is 16.6. The molecule has 0 radical (unpaired) electrons. The zero-order valence-corrected chi connectivity index (χ0v) is 12.9. The highest BCUT2D eigenvalue weighted by Gasteiger charge is 2.17. The molecule has 1 N–H and O–H groups in total. The van der Waals surface area contributed by atoms with Crippen molar-refractivity contribution in [3.8, 4) is 0 Å². The van der Waals surface area contributed by atoms with E-state index in [9.17, 15) is 4.79 Å². The van der Waals surface area contributed by atoms with Crippen molar-refractivity contribution in [2.45, 2.75) is 51.5 Å². The molecule has 0 heterocycles. The van der Waals surface area contributed by atoms with Gasteiger partial charge in [-0.15, -0.1) is 0 Å². The van der Waals surface area contributed by atoms with Gasteiger partial charge in [0.05, 0.1) is 12.7 Å². The van der Waals surface area contributed by atoms with Crippen LogP contribution in [0.2, 0.25) is 5.02 Å². The highest BCUT2D eigenvalue weighted by Crippen LogP contribution is 2.28. The first-order valence-electron chi connectivity index (χ1n) is 7.27. The van der Waals surface area contributed by atoms with E-state index in [4.69, 9.17) is 16.3 Å². The minimum atomic E-state index is -0.339. The van der Waals surface area contributed by atoms with E-state index in [0.29, 0.717) is 16.6 Å². The number of carbonyl (C=O) groups is 1. The van der Waals surface area contributed by atoms with Gasteiger partial charge in [0.25, 0.3) is 0 Å². The molecular weight excluding hydrogens is 274 g/mol. The Kier molecular flexibility index (Phi) is 5.30. The van der Waals surface area contributed by atoms with Gasteiger partial charge >= 0.3 is 5.97 Å². The molecule has 0 bridgehead atoms. The summed E-state index contributed by atoms with van der Waals surface area (Å²) < 4.78 is 4.81. The summed E-state index contributed by atoms with van der Waals surface area (Å²) in [4.78, 5) is 11.8. The molecule has 1 aromatic carbocycles. The molecule has 3 nitrogen and oxygen atoms in total. The van der Waals surface area contributed by atoms with Crippen LogP contribution < -0.4 is 5.32 Å². The zero-order valence-electron chi connectivity index (χ0n) is 12.2. The highest BCUT2D eigenvalue weighted by molar-refractivity contribution is 6.31. The Morgan fingerprint density at radius 3 is 2.50 bits per heavy atom. The maximum Gasteiger partial charge on any atom is 0.338 e. The fraction of sp³-hybridized carbons (Fsp3) is 0.562. The summed E-state index contributed by atoms with van der Waals surface area (Å²) in [5, 5.41) is 4.12. The van der Waals surface area contributed by atoms with Gasteiger partial charge in [-0.05, 0) is 37.5 Å². The van der Waals surface area contributed by atoms with E-state index in [2.05, 4.69) is 5.32 Å². The largest absolute Gasteiger partial charge is 0.465 e. The van der Waals surface area contributed by atoms with Gasteiger partial charge in [0.15, 0.2) is 0 Å². The summed E-state index contributed by atoms with van der Waals surface area (Å²) in [6, 6.07) is 4.04. The van der Waals surface area contributed by atoms with Crippen molar-refractivity contribution in [1.29, 1.82) is 0 Å². The highest BCUT2D eigenvalue weighted by atomic mass is 35.5. The van der Waals surface area contributed by atoms with Crippen LogP contribution in [0, 0.1) is 6.92 Å². The maximum absolute atomic E-state index is 11.8. The number of benzene rings is 1. The monoisotopic (exact) mass is 295 g/mol. The lowest BCUT2D eigenvalue weighted by Gasteiger charge is -2.20. The van der Waals surface area contributed by atoms with Gasteiger partial charge in [-0.1, -0.05) is 37.3 Å². The van der Waals surface area contributed by atoms with Gasteiger partial charge in [0, 0.05) is 16.8 Å². The van der Waals surface area contributed by atoms with Crippen molar-refractivity contribution in [3.05, 3.63) is 28.3 Å². The predicted octanol–water partition coefficient (Wildman–Crippen LogP) is 4.57. The van der Waals surface area contributed by atoms with Crippen LogP contribution in [0.3, 0.4) is 0 Å². The van der Waals surface area contributed by atoms with Gasteiger partial charge in [-0.2, -0.15) is 0 Å². The standard InChI is InChI=1S/C16H22ClNO2/c1-11-14(16(19)20-2)9-12(17)10-15(11)18-13-7-5-3-4-6-8-13/h9-10,13,18H,3-8H2,1-2H3. The van der Waals surface area contributed by atoms with Crippen LogP contribution in [0.1, 0.15) is 54.4 Å². The van der Waals surface area contributed by atoms with Gasteiger partial charge in [-0.25, -0.2) is 4.79 Å². The molecule has 20 heavy (non-hydrogen) atoms. The van der Waals surface area contributed by atoms with E-state index in [0.717, 1.165) is 11.3 Å². The molecule has 0 spiro atoms. The smallest absolute Gasteiger partial charge is 0.338 e. The molecule has 4 heteroatoms. The molecule has 1 aromatic rings. The number of nitrogens with one attached hydrogen (secondary N) is 1. The molecule has 2 rings (SSSR count). The van der Waals surface area contributed by atoms with Crippen LogP contribution >= 0.6 is 11.6 Å². The van der Waals surface area contributed by atoms with Crippen LogP contribution in [-0.2, 0) is 4.74 Å². The number of ether oxygens (including phenoxy) is 1. The van der Waals surface area contributed by atoms with Crippen LogP contribution in [0.25, 0.3) is 0 Å². The number of hydrogen-bond donors (Lipinski definition) is 1. The molecule has 1 aliphatic carbocycles. The van der Waals surface area contributed by atoms with Crippen molar-refractivity contribution < 1.29 is 9.53 Å². The summed E-state index contributed by atoms with van der Waals surface area (Å²) in [6.07, 6.45) is 7.53. The minimum absolute atomic E-state index is 0.339. The van der Waals surface area contributed by atoms with Gasteiger partial charge in [0.1, 0.15) is 0 Å². The second-order valence-electron chi connectivity index (χ2n) is 5.45. The summed E-state index contributed by atoms with van der Waals surface area (Å²) in [5.41, 5.74) is 2.39. The van der Waals surface area contributed by atoms with Crippen LogP contribution in [0.5, 0.6) is 0 Å². The SMILES string of the molecule is COC(=O)c1cc(Cl)cc(NC2CCCCCC2)c1C. The fourth-order valence-electron chi connectivity index (χ4n) is 2.79. The molecule has 0 aliphatic heterocycles. The van der Waals surface area contributed by atoms with Crippen molar-refractivity contribution >= 4 is 23.3 Å². The average molecular weight is 296 g/mol. The zero-order chi connectivity index (χ0) is 14.5. The molecule has 0 unspecified atom stereocenters. The number of hydrogen-bond acceptors (Lipinski definition) is 3. The van der Waals surface area contributed by atoms with Crippen molar-refractivity contribution in [2.75, 3.05) is 12.4 Å². The Balaban J connectivity index is 2.22. The molecule has 110 valence electrons. The van der Waals surface area contributed by atoms with Crippen molar-refractivity contribution in [2.24, 2.45) is 0 Å². The molecule has 0 aromatic heterocycles. The van der Waals surface area contributed by atoms with E-state index in [1.807, 2.05) is 13.0 Å². The molecule has 0 atom stereocenters. The van der Waals surface area contributed by atoms with Crippen LogP contribution in [0.4, 0.5) is 5.69 Å². The summed E-state index contributed by atoms with van der Waals surface area (Å²) >= 11 is 6.13. The first-order chi connectivity index (χ1) is 9.61. The Morgan fingerprint density at radius 2 is 1.90 bits per heavy atom. The second kappa shape index (κ2) is 6.98. The Morgan fingerprint density at radius 1 is 1.25 bits per heavy atom. The summed E-state index contributed by atoms with van der Waals surface area (Å²) in [5.74, 6) is -0.339. The third kappa shape index (κ3) is 3.66. The number of rotatable bonds is 3. The van der Waals surface area contributed by atoms with E-state index in [1.165, 1.54) is 45.6 Å². The first kappa shape index (κ1) is 15.2. The lowest BCUT2D eigenvalue weighted by molar-refractivity contribution is 0.0600. The van der Waals surface area contributed by atoms with E-state index >= 15 is 0 Å².